The number of hydrogen-bond acceptors (Lipinski definition) is 3. The zero-order chi connectivity index (χ0) is 12.1. The first-order chi connectivity index (χ1) is 8.25. The van der Waals surface area contributed by atoms with E-state index in [1.54, 1.807) is 0 Å². The second-order valence-electron chi connectivity index (χ2n) is 5.90. The lowest BCUT2D eigenvalue weighted by molar-refractivity contribution is 0.184. The van der Waals surface area contributed by atoms with Gasteiger partial charge in [0.15, 0.2) is 0 Å². The number of likely N-dealkylation sites (tertiary alicyclic amines) is 1. The summed E-state index contributed by atoms with van der Waals surface area (Å²) in [6, 6.07) is 1.44. The first-order valence-electron chi connectivity index (χ1n) is 7.31. The number of nitrogens with zero attached hydrogens (tertiary/aromatic N) is 1. The molecule has 0 spiro atoms. The van der Waals surface area contributed by atoms with Crippen LogP contribution in [-0.2, 0) is 4.74 Å². The molecule has 2 heterocycles. The van der Waals surface area contributed by atoms with Crippen LogP contribution in [0.15, 0.2) is 0 Å². The Kier molecular flexibility index (Phi) is 5.26. The molecule has 2 saturated heterocycles. The van der Waals surface area contributed by atoms with Gasteiger partial charge in [-0.25, -0.2) is 0 Å². The van der Waals surface area contributed by atoms with Gasteiger partial charge in [0.25, 0.3) is 0 Å². The molecule has 2 fully saturated rings. The van der Waals surface area contributed by atoms with Crippen molar-refractivity contribution < 1.29 is 4.74 Å². The van der Waals surface area contributed by atoms with E-state index < -0.39 is 0 Å². The third-order valence-corrected chi connectivity index (χ3v) is 4.21. The minimum Gasteiger partial charge on any atom is -0.381 e. The van der Waals surface area contributed by atoms with Crippen LogP contribution in [0.3, 0.4) is 0 Å². The fraction of sp³-hybridized carbons (Fsp3) is 1.00. The average Bonchev–Trinajstić information content (AvgIpc) is 2.70. The van der Waals surface area contributed by atoms with Crippen LogP contribution in [0.2, 0.25) is 0 Å². The van der Waals surface area contributed by atoms with E-state index in [2.05, 4.69) is 24.1 Å². The summed E-state index contributed by atoms with van der Waals surface area (Å²) >= 11 is 0. The molecule has 0 saturated carbocycles. The normalized spacial score (nSPS) is 31.9. The highest BCUT2D eigenvalue weighted by Gasteiger charge is 2.20. The summed E-state index contributed by atoms with van der Waals surface area (Å²) in [5.41, 5.74) is 0. The van der Waals surface area contributed by atoms with E-state index in [0.29, 0.717) is 6.04 Å². The largest absolute Gasteiger partial charge is 0.381 e. The lowest BCUT2D eigenvalue weighted by Gasteiger charge is -2.24. The lowest BCUT2D eigenvalue weighted by atomic mass is 10.1. The standard InChI is InChI=1S/C14H28N2O/c1-12(2)16-7-3-4-14(5-8-16)15-10-13-6-9-17-11-13/h12-15H,3-11H2,1-2H3. The van der Waals surface area contributed by atoms with Crippen molar-refractivity contribution in [3.63, 3.8) is 0 Å². The van der Waals surface area contributed by atoms with Crippen LogP contribution in [0.25, 0.3) is 0 Å². The van der Waals surface area contributed by atoms with E-state index in [0.717, 1.165) is 31.7 Å². The highest BCUT2D eigenvalue weighted by atomic mass is 16.5. The highest BCUT2D eigenvalue weighted by molar-refractivity contribution is 4.78. The molecule has 2 atom stereocenters. The fourth-order valence-corrected chi connectivity index (χ4v) is 2.92. The van der Waals surface area contributed by atoms with Gasteiger partial charge in [-0.3, -0.25) is 0 Å². The Hall–Kier alpha value is -0.120. The number of nitrogens with one attached hydrogen (secondary N) is 1. The third kappa shape index (κ3) is 4.23. The van der Waals surface area contributed by atoms with Crippen molar-refractivity contribution in [2.24, 2.45) is 5.92 Å². The molecule has 0 aromatic carbocycles. The Morgan fingerprint density at radius 2 is 2.12 bits per heavy atom. The quantitative estimate of drug-likeness (QED) is 0.812. The molecule has 17 heavy (non-hydrogen) atoms. The summed E-state index contributed by atoms with van der Waals surface area (Å²) in [6.07, 6.45) is 5.25. The molecule has 2 unspecified atom stereocenters. The first-order valence-corrected chi connectivity index (χ1v) is 7.31. The van der Waals surface area contributed by atoms with Gasteiger partial charge in [0.2, 0.25) is 0 Å². The first kappa shape index (κ1) is 13.3. The molecule has 0 radical (unpaired) electrons. The Bertz CT molecular complexity index is 214. The smallest absolute Gasteiger partial charge is 0.0507 e. The third-order valence-electron chi connectivity index (χ3n) is 4.21. The second-order valence-corrected chi connectivity index (χ2v) is 5.90. The van der Waals surface area contributed by atoms with Gasteiger partial charge in [-0.2, -0.15) is 0 Å². The van der Waals surface area contributed by atoms with Crippen molar-refractivity contribution in [3.8, 4) is 0 Å². The predicted octanol–water partition coefficient (Wildman–Crippen LogP) is 1.88. The topological polar surface area (TPSA) is 24.5 Å². The van der Waals surface area contributed by atoms with Crippen molar-refractivity contribution in [1.82, 2.24) is 10.2 Å². The molecule has 100 valence electrons. The predicted molar refractivity (Wildman–Crippen MR) is 71.3 cm³/mol. The molecule has 2 aliphatic heterocycles. The van der Waals surface area contributed by atoms with Gasteiger partial charge in [0.05, 0.1) is 6.61 Å². The minimum absolute atomic E-state index is 0.706. The van der Waals surface area contributed by atoms with Gasteiger partial charge in [-0.05, 0) is 58.5 Å². The molecule has 3 nitrogen and oxygen atoms in total. The van der Waals surface area contributed by atoms with Gasteiger partial charge in [0.1, 0.15) is 0 Å². The summed E-state index contributed by atoms with van der Waals surface area (Å²) in [4.78, 5) is 2.61. The molecular formula is C14H28N2O. The van der Waals surface area contributed by atoms with Crippen molar-refractivity contribution in [2.75, 3.05) is 32.8 Å². The van der Waals surface area contributed by atoms with Crippen LogP contribution < -0.4 is 5.32 Å². The number of hydrogen-bond donors (Lipinski definition) is 1. The van der Waals surface area contributed by atoms with Crippen LogP contribution in [0.4, 0.5) is 0 Å². The summed E-state index contributed by atoms with van der Waals surface area (Å²) in [7, 11) is 0. The average molecular weight is 240 g/mol. The van der Waals surface area contributed by atoms with E-state index in [4.69, 9.17) is 4.74 Å². The Labute approximate surface area is 106 Å². The molecule has 0 bridgehead atoms. The van der Waals surface area contributed by atoms with E-state index in [1.807, 2.05) is 0 Å². The number of ether oxygens (including phenoxy) is 1. The number of rotatable bonds is 4. The van der Waals surface area contributed by atoms with Crippen molar-refractivity contribution in [2.45, 2.75) is 51.6 Å². The van der Waals surface area contributed by atoms with E-state index in [9.17, 15) is 0 Å². The summed E-state index contributed by atoms with van der Waals surface area (Å²) in [5.74, 6) is 0.763. The van der Waals surface area contributed by atoms with Gasteiger partial charge >= 0.3 is 0 Å². The van der Waals surface area contributed by atoms with Crippen LogP contribution in [-0.4, -0.2) is 49.8 Å². The van der Waals surface area contributed by atoms with Crippen LogP contribution in [0.1, 0.15) is 39.5 Å². The highest BCUT2D eigenvalue weighted by Crippen LogP contribution is 2.15. The van der Waals surface area contributed by atoms with Gasteiger partial charge in [0, 0.05) is 25.2 Å². The monoisotopic (exact) mass is 240 g/mol. The molecule has 1 N–H and O–H groups in total. The molecule has 2 rings (SSSR count). The summed E-state index contributed by atoms with van der Waals surface area (Å²) in [5, 5.41) is 3.76. The molecular weight excluding hydrogens is 212 g/mol. The fourth-order valence-electron chi connectivity index (χ4n) is 2.92. The Morgan fingerprint density at radius 1 is 1.24 bits per heavy atom. The van der Waals surface area contributed by atoms with Crippen molar-refractivity contribution >= 4 is 0 Å². The van der Waals surface area contributed by atoms with E-state index in [-0.39, 0.29) is 0 Å². The van der Waals surface area contributed by atoms with Crippen molar-refractivity contribution in [1.29, 1.82) is 0 Å². The van der Waals surface area contributed by atoms with Gasteiger partial charge < -0.3 is 15.0 Å². The minimum atomic E-state index is 0.706. The SMILES string of the molecule is CC(C)N1CCCC(NCC2CCOC2)CC1. The molecule has 0 aromatic heterocycles. The van der Waals surface area contributed by atoms with Crippen LogP contribution >= 0.6 is 0 Å². The van der Waals surface area contributed by atoms with Crippen LogP contribution in [0, 0.1) is 5.92 Å². The maximum absolute atomic E-state index is 5.42. The van der Waals surface area contributed by atoms with Gasteiger partial charge in [-0.1, -0.05) is 0 Å². The molecule has 0 aromatic rings. The Morgan fingerprint density at radius 3 is 2.82 bits per heavy atom. The Balaban J connectivity index is 1.67. The zero-order valence-corrected chi connectivity index (χ0v) is 11.5. The summed E-state index contributed by atoms with van der Waals surface area (Å²) < 4.78 is 5.42. The maximum atomic E-state index is 5.42. The lowest BCUT2D eigenvalue weighted by Crippen LogP contribution is -2.36. The molecule has 2 aliphatic rings. The van der Waals surface area contributed by atoms with E-state index >= 15 is 0 Å². The summed E-state index contributed by atoms with van der Waals surface area (Å²) in [6.45, 7) is 10.3. The van der Waals surface area contributed by atoms with Crippen LogP contribution in [0.5, 0.6) is 0 Å². The zero-order valence-electron chi connectivity index (χ0n) is 11.5. The van der Waals surface area contributed by atoms with E-state index in [1.165, 1.54) is 38.8 Å². The second kappa shape index (κ2) is 6.72. The van der Waals surface area contributed by atoms with Crippen molar-refractivity contribution in [3.05, 3.63) is 0 Å². The maximum Gasteiger partial charge on any atom is 0.0507 e. The molecule has 3 heteroatoms. The molecule has 0 aliphatic carbocycles. The van der Waals surface area contributed by atoms with Gasteiger partial charge in [-0.15, -0.1) is 0 Å². The molecule has 0 amide bonds.